The van der Waals surface area contributed by atoms with E-state index in [0.717, 1.165) is 4.90 Å². The Morgan fingerprint density at radius 2 is 2.00 bits per heavy atom. The molecule has 0 aliphatic carbocycles. The summed E-state index contributed by atoms with van der Waals surface area (Å²) in [6, 6.07) is -1.12. The molecule has 20 heavy (non-hydrogen) atoms. The number of aliphatic carboxylic acids is 1. The lowest BCUT2D eigenvalue weighted by atomic mass is 9.84. The number of nitrogens with zero attached hydrogens (tertiary/aromatic N) is 1. The molecule has 1 amide bonds. The van der Waals surface area contributed by atoms with Gasteiger partial charge in [-0.2, -0.15) is 0 Å². The number of likely N-dealkylation sites (tertiary alicyclic amines) is 1. The summed E-state index contributed by atoms with van der Waals surface area (Å²) >= 11 is 0. The Morgan fingerprint density at radius 3 is 2.35 bits per heavy atom. The molecule has 0 radical (unpaired) electrons. The minimum atomic E-state index is -2.10. The van der Waals surface area contributed by atoms with Crippen molar-refractivity contribution in [2.24, 2.45) is 5.92 Å². The third-order valence-corrected chi connectivity index (χ3v) is 8.99. The van der Waals surface area contributed by atoms with Gasteiger partial charge in [-0.1, -0.05) is 20.8 Å². The summed E-state index contributed by atoms with van der Waals surface area (Å²) in [5, 5.41) is 9.09. The highest BCUT2D eigenvalue weighted by atomic mass is 28.4. The molecular weight excluding hydrogens is 281 g/mol. The number of amides is 1. The molecule has 5 nitrogen and oxygen atoms in total. The van der Waals surface area contributed by atoms with Crippen molar-refractivity contribution in [2.75, 3.05) is 6.80 Å². The van der Waals surface area contributed by atoms with Crippen LogP contribution in [0.15, 0.2) is 0 Å². The second-order valence-electron chi connectivity index (χ2n) is 6.82. The molecule has 1 fully saturated rings. The van der Waals surface area contributed by atoms with Gasteiger partial charge >= 0.3 is 5.97 Å². The molecule has 0 spiro atoms. The summed E-state index contributed by atoms with van der Waals surface area (Å²) in [7, 11) is -2.10. The van der Waals surface area contributed by atoms with Gasteiger partial charge in [-0.3, -0.25) is 9.69 Å². The molecular formula is C13H24FNO4Si. The molecule has 1 heterocycles. The van der Waals surface area contributed by atoms with E-state index >= 15 is 0 Å². The Hall–Kier alpha value is -0.953. The van der Waals surface area contributed by atoms with Crippen LogP contribution in [0.1, 0.15) is 27.7 Å². The third kappa shape index (κ3) is 2.88. The van der Waals surface area contributed by atoms with E-state index in [-0.39, 0.29) is 5.04 Å². The SMILES string of the molecule is C[C@@H](O[Si](C)(C)C(C)(C)C)[C@H]1C(=O)N(CF)[C@@H]1C(=O)O. The molecule has 1 aliphatic heterocycles. The topological polar surface area (TPSA) is 66.8 Å². The summed E-state index contributed by atoms with van der Waals surface area (Å²) < 4.78 is 18.7. The standard InChI is InChI=1S/C13H24FNO4Si/c1-8(19-20(5,6)13(2,3)4)9-10(12(17)18)15(7-14)11(9)16/h8-10H,7H2,1-6H3,(H,17,18)/t8-,9-,10+/m1/s1. The molecule has 0 aromatic carbocycles. The highest BCUT2D eigenvalue weighted by Gasteiger charge is 2.55. The van der Waals surface area contributed by atoms with Gasteiger partial charge in [0.25, 0.3) is 0 Å². The van der Waals surface area contributed by atoms with Crippen molar-refractivity contribution in [1.29, 1.82) is 0 Å². The van der Waals surface area contributed by atoms with Crippen molar-refractivity contribution in [3.8, 4) is 0 Å². The summed E-state index contributed by atoms with van der Waals surface area (Å²) in [5.41, 5.74) is 0. The van der Waals surface area contributed by atoms with Crippen LogP contribution in [0.5, 0.6) is 0 Å². The molecule has 3 atom stereocenters. The molecule has 1 saturated heterocycles. The van der Waals surface area contributed by atoms with E-state index in [1.165, 1.54) is 0 Å². The minimum absolute atomic E-state index is 0.0352. The molecule has 0 aromatic rings. The van der Waals surface area contributed by atoms with Crippen molar-refractivity contribution in [3.05, 3.63) is 0 Å². The van der Waals surface area contributed by atoms with Crippen LogP contribution >= 0.6 is 0 Å². The van der Waals surface area contributed by atoms with E-state index in [0.29, 0.717) is 0 Å². The van der Waals surface area contributed by atoms with Gasteiger partial charge in [-0.05, 0) is 25.1 Å². The summed E-state index contributed by atoms with van der Waals surface area (Å²) in [6.07, 6.45) is -0.521. The molecule has 0 bridgehead atoms. The second kappa shape index (κ2) is 5.44. The number of hydrogen-bond acceptors (Lipinski definition) is 3. The average molecular weight is 305 g/mol. The maximum atomic E-state index is 12.7. The zero-order chi connectivity index (χ0) is 15.9. The number of rotatable bonds is 5. The van der Waals surface area contributed by atoms with E-state index < -0.39 is 45.1 Å². The van der Waals surface area contributed by atoms with Crippen LogP contribution < -0.4 is 0 Å². The van der Waals surface area contributed by atoms with Crippen LogP contribution in [0.25, 0.3) is 0 Å². The van der Waals surface area contributed by atoms with Crippen molar-refractivity contribution >= 4 is 20.2 Å². The highest BCUT2D eigenvalue weighted by Crippen LogP contribution is 2.40. The maximum absolute atomic E-state index is 12.7. The number of halogens is 1. The van der Waals surface area contributed by atoms with Gasteiger partial charge in [0.2, 0.25) is 5.91 Å². The summed E-state index contributed by atoms with van der Waals surface area (Å²) in [4.78, 5) is 23.7. The molecule has 0 saturated carbocycles. The quantitative estimate of drug-likeness (QED) is 0.480. The fourth-order valence-corrected chi connectivity index (χ4v) is 3.60. The summed E-state index contributed by atoms with van der Waals surface area (Å²) in [6.45, 7) is 10.9. The van der Waals surface area contributed by atoms with Crippen LogP contribution in [0, 0.1) is 5.92 Å². The Bertz CT molecular complexity index is 408. The third-order valence-electron chi connectivity index (χ3n) is 4.42. The monoisotopic (exact) mass is 305 g/mol. The van der Waals surface area contributed by atoms with E-state index in [2.05, 4.69) is 20.8 Å². The van der Waals surface area contributed by atoms with Crippen LogP contribution in [-0.2, 0) is 14.0 Å². The highest BCUT2D eigenvalue weighted by molar-refractivity contribution is 6.74. The van der Waals surface area contributed by atoms with Gasteiger partial charge in [-0.15, -0.1) is 0 Å². The lowest BCUT2D eigenvalue weighted by Crippen LogP contribution is -2.68. The van der Waals surface area contributed by atoms with Gasteiger partial charge in [0.1, 0.15) is 6.04 Å². The van der Waals surface area contributed by atoms with Crippen molar-refractivity contribution < 1.29 is 23.5 Å². The van der Waals surface area contributed by atoms with Gasteiger partial charge < -0.3 is 9.53 Å². The van der Waals surface area contributed by atoms with Crippen LogP contribution in [-0.4, -0.2) is 49.1 Å². The Balaban J connectivity index is 2.85. The van der Waals surface area contributed by atoms with Crippen LogP contribution in [0.3, 0.4) is 0 Å². The zero-order valence-electron chi connectivity index (χ0n) is 12.9. The van der Waals surface area contributed by atoms with Crippen molar-refractivity contribution in [2.45, 2.75) is 58.0 Å². The van der Waals surface area contributed by atoms with E-state index in [1.54, 1.807) is 6.92 Å². The molecule has 0 unspecified atom stereocenters. The number of β-lactam (4-membered cyclic amide) rings is 1. The molecule has 1 N–H and O–H groups in total. The van der Waals surface area contributed by atoms with Gasteiger partial charge in [-0.25, -0.2) is 9.18 Å². The first-order chi connectivity index (χ1) is 8.94. The van der Waals surface area contributed by atoms with Crippen LogP contribution in [0.4, 0.5) is 4.39 Å². The lowest BCUT2D eigenvalue weighted by molar-refractivity contribution is -0.180. The molecule has 116 valence electrons. The largest absolute Gasteiger partial charge is 0.480 e. The minimum Gasteiger partial charge on any atom is -0.480 e. The van der Waals surface area contributed by atoms with Gasteiger partial charge in [0.05, 0.1) is 12.0 Å². The fourth-order valence-electron chi connectivity index (χ4n) is 2.17. The average Bonchev–Trinajstić information content (AvgIpc) is 2.23. The smallest absolute Gasteiger partial charge is 0.327 e. The molecule has 0 aromatic heterocycles. The number of carbonyl (C=O) groups is 2. The molecule has 1 aliphatic rings. The van der Waals surface area contributed by atoms with Crippen LogP contribution in [0.2, 0.25) is 18.1 Å². The normalized spacial score (nSPS) is 25.4. The van der Waals surface area contributed by atoms with Crippen molar-refractivity contribution in [1.82, 2.24) is 4.90 Å². The number of hydrogen-bond donors (Lipinski definition) is 1. The number of carboxylic acids is 1. The Morgan fingerprint density at radius 1 is 1.50 bits per heavy atom. The zero-order valence-corrected chi connectivity index (χ0v) is 13.9. The fraction of sp³-hybridized carbons (Fsp3) is 0.846. The Labute approximate surface area is 120 Å². The molecule has 7 heteroatoms. The lowest BCUT2D eigenvalue weighted by Gasteiger charge is -2.48. The number of alkyl halides is 1. The van der Waals surface area contributed by atoms with Gasteiger partial charge in [0.15, 0.2) is 15.1 Å². The first kappa shape index (κ1) is 17.1. The van der Waals surface area contributed by atoms with E-state index in [9.17, 15) is 14.0 Å². The van der Waals surface area contributed by atoms with E-state index in [4.69, 9.17) is 9.53 Å². The first-order valence-corrected chi connectivity index (χ1v) is 9.62. The van der Waals surface area contributed by atoms with Gasteiger partial charge in [0, 0.05) is 0 Å². The Kier molecular flexibility index (Phi) is 4.65. The summed E-state index contributed by atoms with van der Waals surface area (Å²) in [5.74, 6) is -2.46. The predicted octanol–water partition coefficient (Wildman–Crippen LogP) is 2.24. The molecule has 1 rings (SSSR count). The number of carboxylic acid groups (broad SMARTS) is 1. The predicted molar refractivity (Wildman–Crippen MR) is 75.5 cm³/mol. The van der Waals surface area contributed by atoms with E-state index in [1.807, 2.05) is 13.1 Å². The van der Waals surface area contributed by atoms with Crippen molar-refractivity contribution in [3.63, 3.8) is 0 Å². The first-order valence-electron chi connectivity index (χ1n) is 6.71. The maximum Gasteiger partial charge on any atom is 0.327 e. The number of carbonyl (C=O) groups excluding carboxylic acids is 1. The second-order valence-corrected chi connectivity index (χ2v) is 11.6.